The monoisotopic (exact) mass is 514 g/mol. The van der Waals surface area contributed by atoms with E-state index in [4.69, 9.17) is 11.6 Å². The first kappa shape index (κ1) is 23.7. The van der Waals surface area contributed by atoms with E-state index >= 15 is 0 Å². The number of rotatable bonds is 6. The van der Waals surface area contributed by atoms with Gasteiger partial charge in [0.15, 0.2) is 5.82 Å². The Morgan fingerprint density at radius 1 is 1.17 bits per heavy atom. The highest BCUT2D eigenvalue weighted by molar-refractivity contribution is 6.31. The van der Waals surface area contributed by atoms with Crippen molar-refractivity contribution in [2.24, 2.45) is 0 Å². The van der Waals surface area contributed by atoms with E-state index in [9.17, 15) is 26.7 Å². The third kappa shape index (κ3) is 3.87. The predicted octanol–water partition coefficient (Wildman–Crippen LogP) is 5.39. The maximum Gasteiger partial charge on any atom is 0.453 e. The summed E-state index contributed by atoms with van der Waals surface area (Å²) in [6.45, 7) is 1.07. The molecule has 1 saturated carbocycles. The molecule has 1 atom stereocenters. The molecule has 0 spiro atoms. The lowest BCUT2D eigenvalue weighted by Gasteiger charge is -2.19. The number of anilines is 2. The zero-order chi connectivity index (χ0) is 25.3. The van der Waals surface area contributed by atoms with E-state index in [0.29, 0.717) is 22.6 Å². The summed E-state index contributed by atoms with van der Waals surface area (Å²) >= 11 is 6.07. The van der Waals surface area contributed by atoms with Crippen LogP contribution in [0.3, 0.4) is 0 Å². The van der Waals surface area contributed by atoms with Gasteiger partial charge in [0.1, 0.15) is 17.3 Å². The number of amides is 1. The number of benzene rings is 1. The Morgan fingerprint density at radius 2 is 1.89 bits per heavy atom. The minimum absolute atomic E-state index is 0.0522. The van der Waals surface area contributed by atoms with Crippen molar-refractivity contribution in [1.29, 1.82) is 0 Å². The van der Waals surface area contributed by atoms with E-state index in [1.807, 2.05) is 0 Å². The van der Waals surface area contributed by atoms with Gasteiger partial charge in [-0.3, -0.25) is 14.4 Å². The summed E-state index contributed by atoms with van der Waals surface area (Å²) in [6.07, 6.45) is -5.45. The van der Waals surface area contributed by atoms with Crippen molar-refractivity contribution in [1.82, 2.24) is 19.7 Å². The Bertz CT molecular complexity index is 1340. The molecule has 1 aliphatic heterocycles. The van der Waals surface area contributed by atoms with Gasteiger partial charge in [-0.1, -0.05) is 11.6 Å². The van der Waals surface area contributed by atoms with Gasteiger partial charge in [-0.25, -0.2) is 9.97 Å². The summed E-state index contributed by atoms with van der Waals surface area (Å²) in [5.41, 5.74) is 1.11. The van der Waals surface area contributed by atoms with Crippen LogP contribution in [0.1, 0.15) is 37.7 Å². The fourth-order valence-electron chi connectivity index (χ4n) is 4.33. The maximum atomic E-state index is 13.6. The summed E-state index contributed by atoms with van der Waals surface area (Å²) < 4.78 is 66.4. The van der Waals surface area contributed by atoms with Gasteiger partial charge >= 0.3 is 12.1 Å². The van der Waals surface area contributed by atoms with Crippen LogP contribution in [0.5, 0.6) is 0 Å². The van der Waals surface area contributed by atoms with Crippen molar-refractivity contribution in [2.75, 3.05) is 17.3 Å². The lowest BCUT2D eigenvalue weighted by molar-refractivity contribution is -0.285. The summed E-state index contributed by atoms with van der Waals surface area (Å²) in [4.78, 5) is 23.7. The number of nitrogens with zero attached hydrogens (tertiary/aromatic N) is 5. The molecule has 1 unspecified atom stereocenters. The molecule has 1 aliphatic carbocycles. The molecule has 1 fully saturated rings. The molecule has 2 aliphatic rings. The maximum absolute atomic E-state index is 13.6. The van der Waals surface area contributed by atoms with Crippen LogP contribution < -0.4 is 10.2 Å². The topological polar surface area (TPSA) is 75.9 Å². The Labute approximate surface area is 201 Å². The molecule has 2 aromatic heterocycles. The Morgan fingerprint density at radius 3 is 2.51 bits per heavy atom. The van der Waals surface area contributed by atoms with E-state index in [-0.39, 0.29) is 34.0 Å². The van der Waals surface area contributed by atoms with Crippen molar-refractivity contribution in [3.8, 4) is 11.5 Å². The molecule has 13 heteroatoms. The van der Waals surface area contributed by atoms with Crippen LogP contribution in [0.2, 0.25) is 5.02 Å². The number of alkyl halides is 5. The Kier molecular flexibility index (Phi) is 5.42. The summed E-state index contributed by atoms with van der Waals surface area (Å²) in [5.74, 6) is -4.40. The van der Waals surface area contributed by atoms with Gasteiger partial charge in [-0.15, -0.1) is 0 Å². The number of aromatic nitrogens is 4. The fraction of sp³-hybridized carbons (Fsp3) is 0.455. The summed E-state index contributed by atoms with van der Waals surface area (Å²) in [5, 5.41) is 7.99. The van der Waals surface area contributed by atoms with E-state index in [1.54, 1.807) is 31.0 Å². The lowest BCUT2D eigenvalue weighted by Crippen LogP contribution is -2.37. The number of hydrogen-bond acceptors (Lipinski definition) is 5. The van der Waals surface area contributed by atoms with Crippen molar-refractivity contribution in [3.05, 3.63) is 28.8 Å². The minimum atomic E-state index is -5.67. The number of carbonyl (C=O) groups excluding carboxylic acids is 1. The van der Waals surface area contributed by atoms with E-state index < -0.39 is 31.0 Å². The highest BCUT2D eigenvalue weighted by Crippen LogP contribution is 2.46. The quantitative estimate of drug-likeness (QED) is 0.446. The highest BCUT2D eigenvalue weighted by atomic mass is 35.5. The SMILES string of the molecule is CNc1nc(-c2nn(CCC(F)(F)C(F)(F)F)c3cc(Cl)ccc23)nc2c1C(C)C(=O)N2C1CC1. The number of nitrogens with one attached hydrogen (secondary N) is 1. The highest BCUT2D eigenvalue weighted by Gasteiger charge is 2.56. The summed E-state index contributed by atoms with van der Waals surface area (Å²) in [7, 11) is 1.65. The molecule has 1 aromatic carbocycles. The molecule has 186 valence electrons. The van der Waals surface area contributed by atoms with Crippen LogP contribution in [-0.2, 0) is 11.3 Å². The summed E-state index contributed by atoms with van der Waals surface area (Å²) in [6, 6.07) is 4.63. The second-order valence-corrected chi connectivity index (χ2v) is 9.17. The second kappa shape index (κ2) is 8.00. The zero-order valence-corrected chi connectivity index (χ0v) is 19.4. The molecule has 3 heterocycles. The van der Waals surface area contributed by atoms with Gasteiger partial charge in [-0.05, 0) is 38.0 Å². The zero-order valence-electron chi connectivity index (χ0n) is 18.6. The smallest absolute Gasteiger partial charge is 0.373 e. The lowest BCUT2D eigenvalue weighted by atomic mass is 10.1. The standard InChI is InChI=1S/C22H20ClF5N6O/c1-10-15-17(29-2)30-18(31-19(15)34(20(10)35)12-4-5-12)16-13-6-3-11(23)9-14(13)33(32-16)8-7-21(24,25)22(26,27)28/h3,6,9-10,12H,4-5,7-8H2,1-2H3,(H,29,30,31). The molecule has 0 saturated heterocycles. The number of aryl methyl sites for hydroxylation is 1. The number of fused-ring (bicyclic) bond motifs is 2. The second-order valence-electron chi connectivity index (χ2n) is 8.73. The average molecular weight is 515 g/mol. The van der Waals surface area contributed by atoms with Crippen LogP contribution in [0.4, 0.5) is 33.6 Å². The van der Waals surface area contributed by atoms with Gasteiger partial charge in [0.05, 0.1) is 11.4 Å². The van der Waals surface area contributed by atoms with Gasteiger partial charge in [-0.2, -0.15) is 27.1 Å². The van der Waals surface area contributed by atoms with Crippen LogP contribution >= 0.6 is 11.6 Å². The first-order chi connectivity index (χ1) is 16.4. The largest absolute Gasteiger partial charge is 0.453 e. The van der Waals surface area contributed by atoms with Crippen LogP contribution in [0.25, 0.3) is 22.4 Å². The van der Waals surface area contributed by atoms with Gasteiger partial charge in [0.25, 0.3) is 0 Å². The van der Waals surface area contributed by atoms with E-state index in [2.05, 4.69) is 20.4 Å². The molecule has 1 N–H and O–H groups in total. The van der Waals surface area contributed by atoms with Crippen molar-refractivity contribution >= 4 is 40.0 Å². The molecule has 0 bridgehead atoms. The molecular weight excluding hydrogens is 495 g/mol. The first-order valence-corrected chi connectivity index (χ1v) is 11.3. The van der Waals surface area contributed by atoms with Crippen LogP contribution in [0, 0.1) is 0 Å². The molecular formula is C22H20ClF5N6O. The molecule has 3 aromatic rings. The van der Waals surface area contributed by atoms with Crippen molar-refractivity contribution < 1.29 is 26.7 Å². The Balaban J connectivity index is 1.63. The van der Waals surface area contributed by atoms with E-state index in [1.165, 1.54) is 6.07 Å². The number of halogens is 6. The van der Waals surface area contributed by atoms with Gasteiger partial charge in [0.2, 0.25) is 5.91 Å². The van der Waals surface area contributed by atoms with Crippen LogP contribution in [0.15, 0.2) is 18.2 Å². The minimum Gasteiger partial charge on any atom is -0.373 e. The third-order valence-corrected chi connectivity index (χ3v) is 6.56. The molecule has 1 amide bonds. The number of carbonyl (C=O) groups is 1. The normalized spacial score (nSPS) is 18.5. The Hall–Kier alpha value is -3.02. The average Bonchev–Trinajstić information content (AvgIpc) is 3.51. The molecule has 0 radical (unpaired) electrons. The van der Waals surface area contributed by atoms with Gasteiger partial charge in [0, 0.05) is 42.0 Å². The van der Waals surface area contributed by atoms with Gasteiger partial charge < -0.3 is 5.32 Å². The van der Waals surface area contributed by atoms with E-state index in [0.717, 1.165) is 17.5 Å². The third-order valence-electron chi connectivity index (χ3n) is 6.32. The fourth-order valence-corrected chi connectivity index (χ4v) is 4.50. The predicted molar refractivity (Wildman–Crippen MR) is 120 cm³/mol. The van der Waals surface area contributed by atoms with Crippen molar-refractivity contribution in [3.63, 3.8) is 0 Å². The molecule has 35 heavy (non-hydrogen) atoms. The first-order valence-electron chi connectivity index (χ1n) is 11.0. The number of hydrogen-bond donors (Lipinski definition) is 1. The van der Waals surface area contributed by atoms with Crippen molar-refractivity contribution in [2.45, 2.75) is 56.8 Å². The molecule has 7 nitrogen and oxygen atoms in total. The van der Waals surface area contributed by atoms with Crippen LogP contribution in [-0.4, -0.2) is 50.8 Å². The molecule has 5 rings (SSSR count).